The normalized spacial score (nSPS) is 19.9. The second-order valence-corrected chi connectivity index (χ2v) is 6.80. The van der Waals surface area contributed by atoms with Crippen LogP contribution in [0.3, 0.4) is 0 Å². The highest BCUT2D eigenvalue weighted by atomic mass is 127. The van der Waals surface area contributed by atoms with Crippen molar-refractivity contribution < 1.29 is 14.3 Å². The molecule has 2 aliphatic heterocycles. The molecule has 0 saturated carbocycles. The number of carbonyl (C=O) groups excluding carboxylic acids is 1. The number of halogens is 1. The second kappa shape index (κ2) is 12.1. The van der Waals surface area contributed by atoms with Crippen LogP contribution >= 0.6 is 24.0 Å². The fourth-order valence-electron chi connectivity index (χ4n) is 3.43. The van der Waals surface area contributed by atoms with E-state index < -0.39 is 0 Å². The number of guanidine groups is 1. The Morgan fingerprint density at radius 2 is 1.93 bits per heavy atom. The zero-order valence-corrected chi connectivity index (χ0v) is 18.8. The van der Waals surface area contributed by atoms with Crippen molar-refractivity contribution in [2.75, 3.05) is 53.0 Å². The summed E-state index contributed by atoms with van der Waals surface area (Å²) in [6, 6.07) is 9.84. The Balaban J connectivity index is 0.00000280. The predicted molar refractivity (Wildman–Crippen MR) is 120 cm³/mol. The van der Waals surface area contributed by atoms with Gasteiger partial charge >= 0.3 is 0 Å². The molecule has 1 unspecified atom stereocenters. The minimum Gasteiger partial charge on any atom is -0.494 e. The number of carbonyl (C=O) groups is 1. The maximum atomic E-state index is 12.4. The molecule has 1 N–H and O–H groups in total. The van der Waals surface area contributed by atoms with Gasteiger partial charge in [-0.25, -0.2) is 0 Å². The molecule has 1 aromatic rings. The monoisotopic (exact) mass is 502 g/mol. The van der Waals surface area contributed by atoms with E-state index in [2.05, 4.69) is 15.2 Å². The number of aliphatic imine (C=N–C) groups is 1. The molecule has 156 valence electrons. The van der Waals surface area contributed by atoms with Crippen LogP contribution in [-0.2, 0) is 9.53 Å². The third kappa shape index (κ3) is 6.51. The number of ether oxygens (including phenoxy) is 2. The lowest BCUT2D eigenvalue weighted by molar-refractivity contribution is -0.142. The van der Waals surface area contributed by atoms with Crippen LogP contribution in [0.15, 0.2) is 35.3 Å². The number of nitrogens with one attached hydrogen (secondary N) is 1. The fraction of sp³-hybridized carbons (Fsp3) is 0.600. The van der Waals surface area contributed by atoms with Crippen LogP contribution in [0.4, 0.5) is 0 Å². The third-order valence-electron chi connectivity index (χ3n) is 4.92. The molecule has 1 amide bonds. The second-order valence-electron chi connectivity index (χ2n) is 6.80. The molecular weight excluding hydrogens is 471 g/mol. The van der Waals surface area contributed by atoms with Crippen molar-refractivity contribution in [1.82, 2.24) is 15.1 Å². The Morgan fingerprint density at radius 3 is 2.57 bits per heavy atom. The molecule has 2 heterocycles. The lowest BCUT2D eigenvalue weighted by Gasteiger charge is -2.37. The molecular formula is C20H31IN4O3. The Morgan fingerprint density at radius 1 is 1.21 bits per heavy atom. The lowest BCUT2D eigenvalue weighted by Crippen LogP contribution is -2.55. The number of amides is 1. The Bertz CT molecular complexity index is 615. The fourth-order valence-corrected chi connectivity index (χ4v) is 3.43. The van der Waals surface area contributed by atoms with Crippen LogP contribution in [0.2, 0.25) is 0 Å². The quantitative estimate of drug-likeness (QED) is 0.279. The van der Waals surface area contributed by atoms with Crippen LogP contribution in [0, 0.1) is 0 Å². The molecule has 3 rings (SSSR count). The van der Waals surface area contributed by atoms with Gasteiger partial charge in [-0.15, -0.1) is 24.0 Å². The number of benzene rings is 1. The first-order chi connectivity index (χ1) is 13.3. The largest absolute Gasteiger partial charge is 0.494 e. The zero-order valence-electron chi connectivity index (χ0n) is 16.5. The summed E-state index contributed by atoms with van der Waals surface area (Å²) in [6.45, 7) is 5.19. The Hall–Kier alpha value is -1.55. The molecule has 2 aliphatic rings. The average molecular weight is 502 g/mol. The van der Waals surface area contributed by atoms with E-state index in [0.717, 1.165) is 63.7 Å². The summed E-state index contributed by atoms with van der Waals surface area (Å²) in [5.41, 5.74) is 0. The highest BCUT2D eigenvalue weighted by molar-refractivity contribution is 14.0. The maximum Gasteiger partial charge on any atom is 0.251 e. The van der Waals surface area contributed by atoms with Gasteiger partial charge in [0.2, 0.25) is 0 Å². The lowest BCUT2D eigenvalue weighted by atomic mass is 10.2. The number of nitrogens with zero attached hydrogens (tertiary/aromatic N) is 3. The molecule has 0 radical (unpaired) electrons. The van der Waals surface area contributed by atoms with Crippen LogP contribution in [0.1, 0.15) is 19.3 Å². The first kappa shape index (κ1) is 22.7. The smallest absolute Gasteiger partial charge is 0.251 e. The average Bonchev–Trinajstić information content (AvgIpc) is 3.26. The van der Waals surface area contributed by atoms with Crippen molar-refractivity contribution in [3.63, 3.8) is 0 Å². The summed E-state index contributed by atoms with van der Waals surface area (Å²) in [4.78, 5) is 20.9. The summed E-state index contributed by atoms with van der Waals surface area (Å²) in [6.07, 6.45) is 2.51. The highest BCUT2D eigenvalue weighted by Gasteiger charge is 2.30. The molecule has 1 atom stereocenters. The van der Waals surface area contributed by atoms with Gasteiger partial charge in [0.25, 0.3) is 5.91 Å². The predicted octanol–water partition coefficient (Wildman–Crippen LogP) is 1.97. The van der Waals surface area contributed by atoms with Gasteiger partial charge in [0.15, 0.2) is 5.96 Å². The minimum atomic E-state index is -0.224. The number of rotatable bonds is 6. The number of hydrogen-bond acceptors (Lipinski definition) is 4. The van der Waals surface area contributed by atoms with E-state index in [1.54, 1.807) is 7.05 Å². The molecule has 2 saturated heterocycles. The van der Waals surface area contributed by atoms with Gasteiger partial charge < -0.3 is 24.6 Å². The number of hydrogen-bond donors (Lipinski definition) is 1. The number of piperazine rings is 1. The van der Waals surface area contributed by atoms with Crippen molar-refractivity contribution in [2.45, 2.75) is 25.4 Å². The molecule has 0 bridgehead atoms. The zero-order chi connectivity index (χ0) is 18.9. The summed E-state index contributed by atoms with van der Waals surface area (Å²) >= 11 is 0. The summed E-state index contributed by atoms with van der Waals surface area (Å²) in [7, 11) is 1.80. The Kier molecular flexibility index (Phi) is 9.83. The summed E-state index contributed by atoms with van der Waals surface area (Å²) < 4.78 is 11.2. The van der Waals surface area contributed by atoms with E-state index in [-0.39, 0.29) is 36.0 Å². The standard InChI is InChI=1S/C20H30N4O3.HI/c1-21-20(22-10-6-16-26-17-7-3-2-4-8-17)24-13-11-23(12-14-24)19(25)18-9-5-15-27-18;/h2-4,7-8,18H,5-6,9-16H2,1H3,(H,21,22);1H. The van der Waals surface area contributed by atoms with Gasteiger partial charge in [0.05, 0.1) is 6.61 Å². The Labute approximate surface area is 184 Å². The molecule has 0 aliphatic carbocycles. The van der Waals surface area contributed by atoms with Crippen molar-refractivity contribution in [2.24, 2.45) is 4.99 Å². The van der Waals surface area contributed by atoms with Crippen LogP contribution in [-0.4, -0.2) is 80.8 Å². The molecule has 8 heteroatoms. The summed E-state index contributed by atoms with van der Waals surface area (Å²) in [5, 5.41) is 3.39. The van der Waals surface area contributed by atoms with Gasteiger partial charge in [0, 0.05) is 46.4 Å². The van der Waals surface area contributed by atoms with Gasteiger partial charge in [-0.05, 0) is 31.4 Å². The summed E-state index contributed by atoms with van der Waals surface area (Å²) in [5.74, 6) is 1.93. The third-order valence-corrected chi connectivity index (χ3v) is 4.92. The van der Waals surface area contributed by atoms with Crippen molar-refractivity contribution >= 4 is 35.8 Å². The van der Waals surface area contributed by atoms with E-state index in [1.807, 2.05) is 35.2 Å². The van der Waals surface area contributed by atoms with E-state index in [1.165, 1.54) is 0 Å². The van der Waals surface area contributed by atoms with Crippen molar-refractivity contribution in [1.29, 1.82) is 0 Å². The van der Waals surface area contributed by atoms with Crippen LogP contribution in [0.5, 0.6) is 5.75 Å². The van der Waals surface area contributed by atoms with Gasteiger partial charge in [-0.3, -0.25) is 9.79 Å². The molecule has 2 fully saturated rings. The first-order valence-electron chi connectivity index (χ1n) is 9.82. The van der Waals surface area contributed by atoms with Gasteiger partial charge in [-0.1, -0.05) is 18.2 Å². The first-order valence-corrected chi connectivity index (χ1v) is 9.82. The SMILES string of the molecule is CN=C(NCCCOc1ccccc1)N1CCN(C(=O)C2CCCO2)CC1.I. The molecule has 0 spiro atoms. The van der Waals surface area contributed by atoms with E-state index >= 15 is 0 Å². The number of para-hydroxylation sites is 1. The minimum absolute atomic E-state index is 0. The van der Waals surface area contributed by atoms with Crippen LogP contribution < -0.4 is 10.1 Å². The molecule has 0 aromatic heterocycles. The molecule has 7 nitrogen and oxygen atoms in total. The van der Waals surface area contributed by atoms with E-state index in [9.17, 15) is 4.79 Å². The van der Waals surface area contributed by atoms with Crippen molar-refractivity contribution in [3.8, 4) is 5.75 Å². The van der Waals surface area contributed by atoms with Crippen LogP contribution in [0.25, 0.3) is 0 Å². The topological polar surface area (TPSA) is 66.4 Å². The van der Waals surface area contributed by atoms with E-state index in [0.29, 0.717) is 13.2 Å². The van der Waals surface area contributed by atoms with Gasteiger partial charge in [-0.2, -0.15) is 0 Å². The van der Waals surface area contributed by atoms with Gasteiger partial charge in [0.1, 0.15) is 11.9 Å². The highest BCUT2D eigenvalue weighted by Crippen LogP contribution is 2.16. The van der Waals surface area contributed by atoms with E-state index in [4.69, 9.17) is 9.47 Å². The molecule has 28 heavy (non-hydrogen) atoms. The van der Waals surface area contributed by atoms with Crippen molar-refractivity contribution in [3.05, 3.63) is 30.3 Å². The maximum absolute atomic E-state index is 12.4. The molecule has 1 aromatic carbocycles.